The number of aliphatic hydroxyl groups excluding tert-OH is 1. The topological polar surface area (TPSA) is 79.3 Å². The number of β-amino-alcohol motifs (C(OH)–C–C–N with tert-alkyl or cyclic N) is 1. The fraction of sp³-hybridized carbons (Fsp3) is 0.391. The highest BCUT2D eigenvalue weighted by molar-refractivity contribution is 7.92. The van der Waals surface area contributed by atoms with Crippen molar-refractivity contribution in [3.8, 4) is 11.5 Å². The van der Waals surface area contributed by atoms with Crippen molar-refractivity contribution in [2.45, 2.75) is 13.0 Å². The van der Waals surface area contributed by atoms with Gasteiger partial charge in [0.1, 0.15) is 24.2 Å². The van der Waals surface area contributed by atoms with Crippen molar-refractivity contribution in [3.05, 3.63) is 65.6 Å². The smallest absolute Gasteiger partial charge is 0.236 e. The van der Waals surface area contributed by atoms with Crippen LogP contribution in [-0.4, -0.2) is 74.8 Å². The summed E-state index contributed by atoms with van der Waals surface area (Å²) in [6.45, 7) is 5.07. The summed E-state index contributed by atoms with van der Waals surface area (Å²) in [6, 6.07) is 16.6. The number of rotatable bonds is 10. The van der Waals surface area contributed by atoms with Crippen molar-refractivity contribution >= 4 is 16.1 Å². The van der Waals surface area contributed by atoms with Gasteiger partial charge in [-0.2, -0.15) is 4.31 Å². The van der Waals surface area contributed by atoms with Gasteiger partial charge in [-0.15, -0.1) is 0 Å². The zero-order valence-electron chi connectivity index (χ0n) is 17.8. The molecule has 0 aliphatic carbocycles. The average molecular weight is 447 g/mol. The van der Waals surface area contributed by atoms with Gasteiger partial charge in [0, 0.05) is 38.1 Å². The number of benzene rings is 2. The molecule has 1 heterocycles. The molecule has 7 nitrogen and oxygen atoms in total. The maximum absolute atomic E-state index is 12.6. The Kier molecular flexibility index (Phi) is 8.48. The molecule has 0 radical (unpaired) electrons. The Labute approximate surface area is 184 Å². The van der Waals surface area contributed by atoms with Crippen molar-refractivity contribution in [2.75, 3.05) is 45.9 Å². The third-order valence-corrected chi connectivity index (χ3v) is 6.53. The third-order valence-electron chi connectivity index (χ3n) is 4.97. The maximum Gasteiger partial charge on any atom is 0.236 e. The summed E-state index contributed by atoms with van der Waals surface area (Å²) in [7, 11) is -3.46. The molecule has 1 aliphatic rings. The highest BCUT2D eigenvalue weighted by atomic mass is 32.2. The van der Waals surface area contributed by atoms with Crippen molar-refractivity contribution in [1.82, 2.24) is 9.21 Å². The highest BCUT2D eigenvalue weighted by Gasteiger charge is 2.26. The van der Waals surface area contributed by atoms with Gasteiger partial charge < -0.3 is 14.6 Å². The van der Waals surface area contributed by atoms with Gasteiger partial charge in [0.25, 0.3) is 0 Å². The summed E-state index contributed by atoms with van der Waals surface area (Å²) in [4.78, 5) is 2.05. The van der Waals surface area contributed by atoms with E-state index in [1.54, 1.807) is 6.08 Å². The van der Waals surface area contributed by atoms with Crippen LogP contribution in [0.1, 0.15) is 12.5 Å². The Morgan fingerprint density at radius 3 is 2.19 bits per heavy atom. The van der Waals surface area contributed by atoms with Gasteiger partial charge in [0.15, 0.2) is 0 Å². The zero-order chi connectivity index (χ0) is 22.1. The van der Waals surface area contributed by atoms with E-state index in [0.717, 1.165) is 11.3 Å². The molecule has 2 aromatic carbocycles. The molecule has 1 aliphatic heterocycles. The summed E-state index contributed by atoms with van der Waals surface area (Å²) in [5.74, 6) is 1.45. The van der Waals surface area contributed by atoms with Gasteiger partial charge in [-0.05, 0) is 42.8 Å². The molecule has 0 amide bonds. The average Bonchev–Trinajstić information content (AvgIpc) is 2.79. The lowest BCUT2D eigenvalue weighted by molar-refractivity contribution is 0.0570. The van der Waals surface area contributed by atoms with Gasteiger partial charge in [-0.25, -0.2) is 8.42 Å². The van der Waals surface area contributed by atoms with Crippen LogP contribution < -0.4 is 9.47 Å². The van der Waals surface area contributed by atoms with Gasteiger partial charge in [-0.1, -0.05) is 30.3 Å². The number of hydrogen-bond donors (Lipinski definition) is 1. The van der Waals surface area contributed by atoms with Crippen LogP contribution in [0, 0.1) is 0 Å². The molecular weight excluding hydrogens is 416 g/mol. The van der Waals surface area contributed by atoms with E-state index in [1.165, 1.54) is 9.71 Å². The van der Waals surface area contributed by atoms with E-state index in [9.17, 15) is 13.5 Å². The van der Waals surface area contributed by atoms with Gasteiger partial charge in [-0.3, -0.25) is 4.90 Å². The number of aliphatic hydroxyl groups is 1. The highest BCUT2D eigenvalue weighted by Crippen LogP contribution is 2.18. The second kappa shape index (κ2) is 11.3. The first kappa shape index (κ1) is 23.3. The van der Waals surface area contributed by atoms with E-state index in [0.29, 0.717) is 45.1 Å². The van der Waals surface area contributed by atoms with Crippen LogP contribution in [0.5, 0.6) is 11.5 Å². The molecule has 0 bridgehead atoms. The maximum atomic E-state index is 12.6. The summed E-state index contributed by atoms with van der Waals surface area (Å²) in [5.41, 5.74) is 0.848. The van der Waals surface area contributed by atoms with Gasteiger partial charge in [0.2, 0.25) is 10.0 Å². The lowest BCUT2D eigenvalue weighted by atomic mass is 10.2. The minimum atomic E-state index is -3.46. The molecule has 168 valence electrons. The normalized spacial score (nSPS) is 17.0. The standard InChI is InChI=1S/C23H30N2O5S/c1-2-29-22-8-10-23(11-9-22)30-19-21(26)18-24-13-15-25(16-14-24)31(27,28)17-12-20-6-4-3-5-7-20/h3-12,17,21,26H,2,13-16,18-19H2,1H3/b17-12+. The molecule has 1 N–H and O–H groups in total. The molecule has 1 saturated heterocycles. The Morgan fingerprint density at radius 1 is 0.968 bits per heavy atom. The number of sulfonamides is 1. The van der Waals surface area contributed by atoms with Crippen molar-refractivity contribution in [2.24, 2.45) is 0 Å². The van der Waals surface area contributed by atoms with Crippen LogP contribution in [0.3, 0.4) is 0 Å². The molecule has 3 rings (SSSR count). The van der Waals surface area contributed by atoms with E-state index in [1.807, 2.05) is 61.5 Å². The lowest BCUT2D eigenvalue weighted by Gasteiger charge is -2.34. The van der Waals surface area contributed by atoms with Crippen LogP contribution in [0.25, 0.3) is 6.08 Å². The molecule has 0 spiro atoms. The molecule has 0 saturated carbocycles. The van der Waals surface area contributed by atoms with E-state index < -0.39 is 16.1 Å². The summed E-state index contributed by atoms with van der Waals surface area (Å²) < 4.78 is 37.6. The molecule has 1 fully saturated rings. The second-order valence-corrected chi connectivity index (χ2v) is 9.15. The van der Waals surface area contributed by atoms with E-state index in [4.69, 9.17) is 9.47 Å². The van der Waals surface area contributed by atoms with Crippen LogP contribution in [0.15, 0.2) is 60.0 Å². The van der Waals surface area contributed by atoms with Crippen LogP contribution in [0.2, 0.25) is 0 Å². The Morgan fingerprint density at radius 2 is 1.58 bits per heavy atom. The molecular formula is C23H30N2O5S. The quantitative estimate of drug-likeness (QED) is 0.604. The summed E-state index contributed by atoms with van der Waals surface area (Å²) in [5, 5.41) is 11.6. The number of ether oxygens (including phenoxy) is 2. The van der Waals surface area contributed by atoms with Crippen LogP contribution >= 0.6 is 0 Å². The van der Waals surface area contributed by atoms with Gasteiger partial charge >= 0.3 is 0 Å². The molecule has 1 unspecified atom stereocenters. The molecule has 2 aromatic rings. The molecule has 1 atom stereocenters. The molecule has 8 heteroatoms. The minimum Gasteiger partial charge on any atom is -0.494 e. The zero-order valence-corrected chi connectivity index (χ0v) is 18.6. The fourth-order valence-electron chi connectivity index (χ4n) is 3.32. The van der Waals surface area contributed by atoms with Crippen molar-refractivity contribution in [3.63, 3.8) is 0 Å². The lowest BCUT2D eigenvalue weighted by Crippen LogP contribution is -2.50. The van der Waals surface area contributed by atoms with Crippen LogP contribution in [-0.2, 0) is 10.0 Å². The SMILES string of the molecule is CCOc1ccc(OCC(O)CN2CCN(S(=O)(=O)/C=C/c3ccccc3)CC2)cc1. The van der Waals surface area contributed by atoms with Crippen molar-refractivity contribution < 1.29 is 23.0 Å². The monoisotopic (exact) mass is 446 g/mol. The van der Waals surface area contributed by atoms with E-state index in [-0.39, 0.29) is 6.61 Å². The third kappa shape index (κ3) is 7.36. The predicted octanol–water partition coefficient (Wildman–Crippen LogP) is 2.44. The Balaban J connectivity index is 1.41. The minimum absolute atomic E-state index is 0.173. The van der Waals surface area contributed by atoms with E-state index in [2.05, 4.69) is 4.90 Å². The largest absolute Gasteiger partial charge is 0.494 e. The number of piperazine rings is 1. The number of nitrogens with zero attached hydrogens (tertiary/aromatic N) is 2. The first-order chi connectivity index (χ1) is 15.0. The first-order valence-electron chi connectivity index (χ1n) is 10.5. The van der Waals surface area contributed by atoms with Crippen molar-refractivity contribution in [1.29, 1.82) is 0 Å². The summed E-state index contributed by atoms with van der Waals surface area (Å²) >= 11 is 0. The predicted molar refractivity (Wildman–Crippen MR) is 122 cm³/mol. The Bertz CT molecular complexity index is 924. The molecule has 31 heavy (non-hydrogen) atoms. The second-order valence-electron chi connectivity index (χ2n) is 7.33. The number of hydrogen-bond acceptors (Lipinski definition) is 6. The van der Waals surface area contributed by atoms with Crippen LogP contribution in [0.4, 0.5) is 0 Å². The fourth-order valence-corrected chi connectivity index (χ4v) is 4.50. The first-order valence-corrected chi connectivity index (χ1v) is 12.0. The van der Waals surface area contributed by atoms with E-state index >= 15 is 0 Å². The Hall–Kier alpha value is -2.39. The summed E-state index contributed by atoms with van der Waals surface area (Å²) in [6.07, 6.45) is 0.955. The van der Waals surface area contributed by atoms with Gasteiger partial charge in [0.05, 0.1) is 6.61 Å². The molecule has 0 aromatic heterocycles.